The van der Waals surface area contributed by atoms with Crippen LogP contribution in [0.4, 0.5) is 0 Å². The second-order valence-corrected chi connectivity index (χ2v) is 7.20. The molecular formula is C26H21N3O3. The first-order valence-electron chi connectivity index (χ1n) is 10.2. The number of ether oxygens (including phenoxy) is 2. The van der Waals surface area contributed by atoms with Gasteiger partial charge in [-0.15, -0.1) is 0 Å². The molecule has 0 radical (unpaired) electrons. The van der Waals surface area contributed by atoms with Crippen LogP contribution in [0.15, 0.2) is 88.4 Å². The van der Waals surface area contributed by atoms with Gasteiger partial charge >= 0.3 is 0 Å². The van der Waals surface area contributed by atoms with Crippen LogP contribution >= 0.6 is 0 Å². The lowest BCUT2D eigenvalue weighted by atomic mass is 9.96. The van der Waals surface area contributed by atoms with Crippen LogP contribution in [-0.2, 0) is 11.2 Å². The Kier molecular flexibility index (Phi) is 6.38. The minimum atomic E-state index is -0.476. The van der Waals surface area contributed by atoms with E-state index in [-0.39, 0.29) is 17.3 Å². The number of carbonyl (C=O) groups is 1. The van der Waals surface area contributed by atoms with Crippen LogP contribution in [0.1, 0.15) is 11.1 Å². The molecule has 0 bridgehead atoms. The monoisotopic (exact) mass is 423 g/mol. The summed E-state index contributed by atoms with van der Waals surface area (Å²) >= 11 is 0. The minimum Gasteiger partial charge on any atom is -0.493 e. The molecule has 0 saturated carbocycles. The van der Waals surface area contributed by atoms with Crippen LogP contribution in [0.2, 0.25) is 0 Å². The maximum Gasteiger partial charge on any atom is 0.260 e. The second-order valence-electron chi connectivity index (χ2n) is 7.20. The average Bonchev–Trinajstić information content (AvgIpc) is 2.83. The van der Waals surface area contributed by atoms with Crippen molar-refractivity contribution < 1.29 is 14.3 Å². The van der Waals surface area contributed by atoms with E-state index in [1.54, 1.807) is 43.5 Å². The van der Waals surface area contributed by atoms with E-state index in [0.717, 1.165) is 6.42 Å². The molecule has 1 amide bonds. The molecule has 0 fully saturated rings. The first-order chi connectivity index (χ1) is 15.7. The molecule has 0 spiro atoms. The summed E-state index contributed by atoms with van der Waals surface area (Å²) in [6, 6.07) is 17.6. The molecule has 0 aromatic heterocycles. The van der Waals surface area contributed by atoms with Crippen LogP contribution in [0.5, 0.6) is 11.5 Å². The van der Waals surface area contributed by atoms with Gasteiger partial charge in [0, 0.05) is 6.42 Å². The largest absolute Gasteiger partial charge is 0.493 e. The molecule has 4 rings (SSSR count). The Balaban J connectivity index is 1.52. The highest BCUT2D eigenvalue weighted by Crippen LogP contribution is 2.29. The minimum absolute atomic E-state index is 0.117. The van der Waals surface area contributed by atoms with E-state index in [9.17, 15) is 10.1 Å². The van der Waals surface area contributed by atoms with Gasteiger partial charge in [0.05, 0.1) is 25.0 Å². The summed E-state index contributed by atoms with van der Waals surface area (Å²) in [7, 11) is 1.57. The van der Waals surface area contributed by atoms with Crippen molar-refractivity contribution in [3.05, 3.63) is 89.5 Å². The van der Waals surface area contributed by atoms with E-state index in [0.29, 0.717) is 29.4 Å². The lowest BCUT2D eigenvalue weighted by molar-refractivity contribution is -0.118. The van der Waals surface area contributed by atoms with Gasteiger partial charge in [-0.25, -0.2) is 4.99 Å². The van der Waals surface area contributed by atoms with Crippen LogP contribution < -0.4 is 9.47 Å². The number of aliphatic imine (C=N–C) groups is 2. The highest BCUT2D eigenvalue weighted by atomic mass is 16.5. The van der Waals surface area contributed by atoms with Crippen molar-refractivity contribution in [3.63, 3.8) is 0 Å². The predicted molar refractivity (Wildman–Crippen MR) is 124 cm³/mol. The summed E-state index contributed by atoms with van der Waals surface area (Å²) in [6.45, 7) is 0.512. The number of nitrogens with zero attached hydrogens (tertiary/aromatic N) is 3. The summed E-state index contributed by atoms with van der Waals surface area (Å²) in [4.78, 5) is 20.8. The zero-order valence-corrected chi connectivity index (χ0v) is 17.6. The molecule has 6 nitrogen and oxygen atoms in total. The number of methoxy groups -OCH3 is 1. The van der Waals surface area contributed by atoms with Gasteiger partial charge < -0.3 is 9.47 Å². The summed E-state index contributed by atoms with van der Waals surface area (Å²) in [5.41, 5.74) is 2.69. The number of carbonyl (C=O) groups excluding carboxylic acids is 1. The quantitative estimate of drug-likeness (QED) is 0.620. The number of fused-ring (bicyclic) bond motifs is 1. The zero-order chi connectivity index (χ0) is 22.3. The van der Waals surface area contributed by atoms with E-state index < -0.39 is 5.92 Å². The Labute approximate surface area is 186 Å². The fraction of sp³-hybridized carbons (Fsp3) is 0.154. The number of amides is 1. The number of nitriles is 1. The Morgan fingerprint density at radius 3 is 2.75 bits per heavy atom. The van der Waals surface area contributed by atoms with E-state index >= 15 is 0 Å². The summed E-state index contributed by atoms with van der Waals surface area (Å²) < 4.78 is 11.4. The van der Waals surface area contributed by atoms with E-state index in [1.165, 1.54) is 5.56 Å². The Hall–Kier alpha value is -4.24. The molecule has 2 aromatic rings. The van der Waals surface area contributed by atoms with Gasteiger partial charge in [-0.05, 0) is 35.4 Å². The highest BCUT2D eigenvalue weighted by molar-refractivity contribution is 6.26. The maximum absolute atomic E-state index is 12.3. The number of amidine groups is 1. The van der Waals surface area contributed by atoms with Crippen molar-refractivity contribution in [3.8, 4) is 17.6 Å². The normalized spacial score (nSPS) is 17.2. The van der Waals surface area contributed by atoms with Gasteiger partial charge in [0.15, 0.2) is 17.3 Å². The molecule has 1 aliphatic heterocycles. The van der Waals surface area contributed by atoms with Gasteiger partial charge in [-0.2, -0.15) is 10.3 Å². The van der Waals surface area contributed by atoms with Gasteiger partial charge in [0.1, 0.15) is 12.0 Å². The van der Waals surface area contributed by atoms with Gasteiger partial charge in [0.25, 0.3) is 5.91 Å². The molecule has 1 atom stereocenters. The summed E-state index contributed by atoms with van der Waals surface area (Å²) in [6.07, 6.45) is 9.52. The summed E-state index contributed by atoms with van der Waals surface area (Å²) in [5, 5.41) is 9.66. The molecular weight excluding hydrogens is 402 g/mol. The van der Waals surface area contributed by atoms with Gasteiger partial charge in [-0.3, -0.25) is 4.79 Å². The van der Waals surface area contributed by atoms with E-state index in [1.807, 2.05) is 30.3 Å². The van der Waals surface area contributed by atoms with Crippen molar-refractivity contribution >= 4 is 23.5 Å². The van der Waals surface area contributed by atoms with E-state index in [2.05, 4.69) is 28.2 Å². The fourth-order valence-corrected chi connectivity index (χ4v) is 3.42. The molecule has 0 N–H and O–H groups in total. The Morgan fingerprint density at radius 1 is 1.12 bits per heavy atom. The third-order valence-corrected chi connectivity index (χ3v) is 5.07. The average molecular weight is 423 g/mol. The zero-order valence-electron chi connectivity index (χ0n) is 17.6. The van der Waals surface area contributed by atoms with Crippen molar-refractivity contribution in [2.24, 2.45) is 15.9 Å². The van der Waals surface area contributed by atoms with Crippen molar-refractivity contribution in [2.45, 2.75) is 6.42 Å². The molecule has 158 valence electrons. The topological polar surface area (TPSA) is 84.0 Å². The lowest BCUT2D eigenvalue weighted by Crippen LogP contribution is -2.27. The standard InChI is InChI=1S/C26H21N3O3/c1-31-24-16-19(11-12-23(24)32-14-13-18-7-3-2-4-8-18)15-20(17-27)25-28-22-10-6-5-9-21(22)26(30)29-25/h2-12,15-16,21H,13-14H2,1H3/b20-15-. The Morgan fingerprint density at radius 2 is 1.97 bits per heavy atom. The fourth-order valence-electron chi connectivity index (χ4n) is 3.42. The SMILES string of the molecule is COc1cc(/C=C(/C#N)C2=NC(=O)C3C=CC=CC3=N2)ccc1OCCc1ccccc1. The number of benzene rings is 2. The van der Waals surface area contributed by atoms with Crippen molar-refractivity contribution in [1.82, 2.24) is 0 Å². The number of hydrogen-bond acceptors (Lipinski definition) is 5. The van der Waals surface area contributed by atoms with Gasteiger partial charge in [0.2, 0.25) is 0 Å². The first-order valence-corrected chi connectivity index (χ1v) is 10.2. The van der Waals surface area contributed by atoms with Crippen LogP contribution in [0.25, 0.3) is 6.08 Å². The first kappa shape index (κ1) is 21.0. The molecule has 1 unspecified atom stereocenters. The molecule has 2 aliphatic rings. The molecule has 6 heteroatoms. The Bertz CT molecular complexity index is 1210. The van der Waals surface area contributed by atoms with Crippen LogP contribution in [0, 0.1) is 17.2 Å². The second kappa shape index (κ2) is 9.71. The van der Waals surface area contributed by atoms with Crippen LogP contribution in [-0.4, -0.2) is 31.2 Å². The van der Waals surface area contributed by atoms with E-state index in [4.69, 9.17) is 9.47 Å². The molecule has 32 heavy (non-hydrogen) atoms. The maximum atomic E-state index is 12.3. The third kappa shape index (κ3) is 4.73. The molecule has 2 aromatic carbocycles. The molecule has 1 aliphatic carbocycles. The highest BCUT2D eigenvalue weighted by Gasteiger charge is 2.27. The van der Waals surface area contributed by atoms with Crippen LogP contribution in [0.3, 0.4) is 0 Å². The molecule has 1 heterocycles. The van der Waals surface area contributed by atoms with Crippen molar-refractivity contribution in [1.29, 1.82) is 5.26 Å². The smallest absolute Gasteiger partial charge is 0.260 e. The predicted octanol–water partition coefficient (Wildman–Crippen LogP) is 4.35. The number of rotatable bonds is 7. The summed E-state index contributed by atoms with van der Waals surface area (Å²) in [5.74, 6) is 0.484. The third-order valence-electron chi connectivity index (χ3n) is 5.07. The lowest BCUT2D eigenvalue weighted by Gasteiger charge is -2.17. The number of hydrogen-bond donors (Lipinski definition) is 0. The molecule has 0 saturated heterocycles. The number of allylic oxidation sites excluding steroid dienone is 3. The van der Waals surface area contributed by atoms with Crippen molar-refractivity contribution in [2.75, 3.05) is 13.7 Å². The van der Waals surface area contributed by atoms with Gasteiger partial charge in [-0.1, -0.05) is 54.6 Å².